The quantitative estimate of drug-likeness (QED) is 0.319. The standard InChI is InChI=1S/C27H42O4/c1-19-18-20(2)22(12-8-6-10-14-26(4,5)24(28)29)23(21(19)3)13-9-7-11-15-27(16-17-27)25(30)31/h18H,6-17H2,1-5H3,(H,28,29)(H,30,31). The lowest BCUT2D eigenvalue weighted by Crippen LogP contribution is -2.23. The molecule has 4 nitrogen and oxygen atoms in total. The fourth-order valence-corrected chi connectivity index (χ4v) is 4.72. The van der Waals surface area contributed by atoms with E-state index in [9.17, 15) is 19.8 Å². The first-order chi connectivity index (χ1) is 14.5. The number of carboxylic acids is 2. The SMILES string of the molecule is Cc1cc(C)c(CCCCCC(C)(C)C(=O)O)c(CCCCCC2(C(=O)O)CC2)c1C. The Bertz CT molecular complexity index is 787. The van der Waals surface area contributed by atoms with E-state index in [1.54, 1.807) is 0 Å². The average molecular weight is 431 g/mol. The lowest BCUT2D eigenvalue weighted by molar-refractivity contribution is -0.147. The molecule has 0 heterocycles. The van der Waals surface area contributed by atoms with Crippen LogP contribution in [-0.4, -0.2) is 22.2 Å². The number of aliphatic carboxylic acids is 2. The second kappa shape index (κ2) is 10.7. The van der Waals surface area contributed by atoms with Crippen molar-refractivity contribution >= 4 is 11.9 Å². The van der Waals surface area contributed by atoms with Crippen LogP contribution in [0.3, 0.4) is 0 Å². The lowest BCUT2D eigenvalue weighted by atomic mass is 9.85. The predicted molar refractivity (Wildman–Crippen MR) is 126 cm³/mol. The van der Waals surface area contributed by atoms with Gasteiger partial charge in [0.25, 0.3) is 0 Å². The molecule has 0 aromatic heterocycles. The van der Waals surface area contributed by atoms with Crippen molar-refractivity contribution in [2.45, 2.75) is 112 Å². The molecule has 1 fully saturated rings. The van der Waals surface area contributed by atoms with E-state index < -0.39 is 22.8 Å². The summed E-state index contributed by atoms with van der Waals surface area (Å²) in [5, 5.41) is 18.6. The molecule has 0 saturated heterocycles. The van der Waals surface area contributed by atoms with Crippen molar-refractivity contribution in [2.24, 2.45) is 10.8 Å². The Labute approximate surface area is 188 Å². The van der Waals surface area contributed by atoms with Crippen LogP contribution in [0, 0.1) is 31.6 Å². The van der Waals surface area contributed by atoms with Gasteiger partial charge in [0.2, 0.25) is 0 Å². The highest BCUT2D eigenvalue weighted by Gasteiger charge is 2.49. The number of hydrogen-bond acceptors (Lipinski definition) is 2. The van der Waals surface area contributed by atoms with Gasteiger partial charge in [-0.2, -0.15) is 0 Å². The average Bonchev–Trinajstić information content (AvgIpc) is 3.47. The summed E-state index contributed by atoms with van der Waals surface area (Å²) in [4.78, 5) is 22.6. The van der Waals surface area contributed by atoms with E-state index in [1.165, 1.54) is 27.8 Å². The summed E-state index contributed by atoms with van der Waals surface area (Å²) >= 11 is 0. The molecule has 174 valence electrons. The molecule has 2 N–H and O–H groups in total. The topological polar surface area (TPSA) is 74.6 Å². The Morgan fingerprint density at radius 3 is 2.00 bits per heavy atom. The smallest absolute Gasteiger partial charge is 0.309 e. The molecule has 1 aliphatic rings. The Morgan fingerprint density at radius 1 is 0.871 bits per heavy atom. The highest BCUT2D eigenvalue weighted by Crippen LogP contribution is 2.50. The lowest BCUT2D eigenvalue weighted by Gasteiger charge is -2.20. The van der Waals surface area contributed by atoms with Crippen LogP contribution in [0.4, 0.5) is 0 Å². The van der Waals surface area contributed by atoms with Crippen LogP contribution in [0.15, 0.2) is 6.07 Å². The summed E-state index contributed by atoms with van der Waals surface area (Å²) in [7, 11) is 0. The number of carboxylic acid groups (broad SMARTS) is 2. The minimum Gasteiger partial charge on any atom is -0.481 e. The van der Waals surface area contributed by atoms with E-state index in [4.69, 9.17) is 0 Å². The molecule has 1 aromatic carbocycles. The molecule has 2 rings (SSSR count). The largest absolute Gasteiger partial charge is 0.481 e. The zero-order chi connectivity index (χ0) is 23.2. The third-order valence-corrected chi connectivity index (χ3v) is 7.51. The number of aryl methyl sites for hydroxylation is 2. The van der Waals surface area contributed by atoms with E-state index in [2.05, 4.69) is 26.8 Å². The maximum Gasteiger partial charge on any atom is 0.309 e. The number of hydrogen-bond donors (Lipinski definition) is 2. The van der Waals surface area contributed by atoms with Crippen LogP contribution < -0.4 is 0 Å². The first kappa shape index (κ1) is 25.4. The summed E-state index contributed by atoms with van der Waals surface area (Å²) in [6.07, 6.45) is 11.7. The predicted octanol–water partition coefficient (Wildman–Crippen LogP) is 6.79. The van der Waals surface area contributed by atoms with Gasteiger partial charge < -0.3 is 10.2 Å². The number of unbranched alkanes of at least 4 members (excludes halogenated alkanes) is 4. The van der Waals surface area contributed by atoms with Crippen LogP contribution in [0.5, 0.6) is 0 Å². The monoisotopic (exact) mass is 430 g/mol. The summed E-state index contributed by atoms with van der Waals surface area (Å²) in [6.45, 7) is 10.2. The van der Waals surface area contributed by atoms with E-state index >= 15 is 0 Å². The molecule has 0 aliphatic heterocycles. The van der Waals surface area contributed by atoms with Crippen LogP contribution in [-0.2, 0) is 22.4 Å². The summed E-state index contributed by atoms with van der Waals surface area (Å²) in [5.41, 5.74) is 6.05. The van der Waals surface area contributed by atoms with Crippen molar-refractivity contribution in [1.29, 1.82) is 0 Å². The first-order valence-electron chi connectivity index (χ1n) is 12.1. The van der Waals surface area contributed by atoms with E-state index in [1.807, 2.05) is 13.8 Å². The molecule has 1 saturated carbocycles. The molecule has 0 amide bonds. The minimum absolute atomic E-state index is 0.393. The fraction of sp³-hybridized carbons (Fsp3) is 0.704. The van der Waals surface area contributed by atoms with Gasteiger partial charge in [-0.05, 0) is 114 Å². The van der Waals surface area contributed by atoms with Crippen molar-refractivity contribution in [2.75, 3.05) is 0 Å². The highest BCUT2D eigenvalue weighted by molar-refractivity contribution is 5.77. The van der Waals surface area contributed by atoms with Gasteiger partial charge in [-0.25, -0.2) is 0 Å². The van der Waals surface area contributed by atoms with Gasteiger partial charge in [0.15, 0.2) is 0 Å². The van der Waals surface area contributed by atoms with Crippen molar-refractivity contribution in [3.8, 4) is 0 Å². The van der Waals surface area contributed by atoms with Gasteiger partial charge in [-0.1, -0.05) is 31.7 Å². The van der Waals surface area contributed by atoms with E-state index in [0.717, 1.165) is 77.0 Å². The van der Waals surface area contributed by atoms with Gasteiger partial charge in [0, 0.05) is 0 Å². The van der Waals surface area contributed by atoms with Crippen LogP contribution in [0.25, 0.3) is 0 Å². The zero-order valence-corrected chi connectivity index (χ0v) is 20.3. The molecule has 4 heteroatoms. The Morgan fingerprint density at radius 2 is 1.45 bits per heavy atom. The molecule has 0 atom stereocenters. The van der Waals surface area contributed by atoms with Crippen molar-refractivity contribution < 1.29 is 19.8 Å². The molecular formula is C27H42O4. The summed E-state index contributed by atoms with van der Waals surface area (Å²) in [6, 6.07) is 2.30. The second-order valence-electron chi connectivity index (χ2n) is 10.5. The van der Waals surface area contributed by atoms with Gasteiger partial charge in [0.05, 0.1) is 10.8 Å². The van der Waals surface area contributed by atoms with Gasteiger partial charge in [0.1, 0.15) is 0 Å². The van der Waals surface area contributed by atoms with Crippen molar-refractivity contribution in [3.05, 3.63) is 33.9 Å². The number of benzene rings is 1. The van der Waals surface area contributed by atoms with Crippen molar-refractivity contribution in [3.63, 3.8) is 0 Å². The molecule has 31 heavy (non-hydrogen) atoms. The summed E-state index contributed by atoms with van der Waals surface area (Å²) < 4.78 is 0. The molecule has 1 aromatic rings. The van der Waals surface area contributed by atoms with Gasteiger partial charge >= 0.3 is 11.9 Å². The molecule has 0 bridgehead atoms. The van der Waals surface area contributed by atoms with E-state index in [0.29, 0.717) is 0 Å². The third kappa shape index (κ3) is 6.82. The number of carbonyl (C=O) groups is 2. The Kier molecular flexibility index (Phi) is 8.73. The maximum absolute atomic E-state index is 11.3. The maximum atomic E-state index is 11.3. The van der Waals surface area contributed by atoms with Crippen LogP contribution in [0.2, 0.25) is 0 Å². The van der Waals surface area contributed by atoms with Crippen molar-refractivity contribution in [1.82, 2.24) is 0 Å². The fourth-order valence-electron chi connectivity index (χ4n) is 4.72. The highest BCUT2D eigenvalue weighted by atomic mass is 16.4. The van der Waals surface area contributed by atoms with E-state index in [-0.39, 0.29) is 0 Å². The van der Waals surface area contributed by atoms with Crippen LogP contribution in [0.1, 0.15) is 106 Å². The third-order valence-electron chi connectivity index (χ3n) is 7.51. The molecule has 0 spiro atoms. The summed E-state index contributed by atoms with van der Waals surface area (Å²) in [5.74, 6) is -1.32. The molecule has 0 unspecified atom stereocenters. The first-order valence-corrected chi connectivity index (χ1v) is 12.1. The zero-order valence-electron chi connectivity index (χ0n) is 20.3. The Balaban J connectivity index is 1.87. The molecular weight excluding hydrogens is 388 g/mol. The van der Waals surface area contributed by atoms with Gasteiger partial charge in [-0.15, -0.1) is 0 Å². The van der Waals surface area contributed by atoms with Gasteiger partial charge in [-0.3, -0.25) is 9.59 Å². The molecule has 0 radical (unpaired) electrons. The second-order valence-corrected chi connectivity index (χ2v) is 10.5. The normalized spacial score (nSPS) is 15.1. The molecule has 1 aliphatic carbocycles. The van der Waals surface area contributed by atoms with Crippen LogP contribution >= 0.6 is 0 Å². The number of rotatable bonds is 14. The minimum atomic E-state index is -0.712. The Hall–Kier alpha value is -1.84.